The number of aromatic nitrogens is 4. The van der Waals surface area contributed by atoms with Crippen LogP contribution < -0.4 is 5.32 Å². The van der Waals surface area contributed by atoms with E-state index in [2.05, 4.69) is 20.8 Å². The number of rotatable bonds is 5. The van der Waals surface area contributed by atoms with Gasteiger partial charge < -0.3 is 10.2 Å². The third-order valence-electron chi connectivity index (χ3n) is 2.13. The summed E-state index contributed by atoms with van der Waals surface area (Å²) in [6.07, 6.45) is 0. The van der Waals surface area contributed by atoms with Crippen LogP contribution in [0.25, 0.3) is 0 Å². The van der Waals surface area contributed by atoms with E-state index in [4.69, 9.17) is 0 Å². The van der Waals surface area contributed by atoms with E-state index in [1.165, 1.54) is 4.68 Å². The van der Waals surface area contributed by atoms with E-state index in [1.54, 1.807) is 11.9 Å². The third kappa shape index (κ3) is 2.90. The van der Waals surface area contributed by atoms with Crippen molar-refractivity contribution in [2.24, 2.45) is 7.05 Å². The number of aryl methyl sites for hydroxylation is 1. The Hall–Kier alpha value is -1.66. The second-order valence-corrected chi connectivity index (χ2v) is 3.05. The van der Waals surface area contributed by atoms with E-state index in [1.807, 2.05) is 13.8 Å². The van der Waals surface area contributed by atoms with Gasteiger partial charge in [-0.3, -0.25) is 4.79 Å². The lowest BCUT2D eigenvalue weighted by Crippen LogP contribution is -2.35. The van der Waals surface area contributed by atoms with Gasteiger partial charge in [-0.25, -0.2) is 4.68 Å². The molecule has 0 fully saturated rings. The highest BCUT2D eigenvalue weighted by Gasteiger charge is 2.10. The Morgan fingerprint density at radius 1 is 1.47 bits per heavy atom. The van der Waals surface area contributed by atoms with Gasteiger partial charge in [0.25, 0.3) is 0 Å². The van der Waals surface area contributed by atoms with Crippen molar-refractivity contribution in [2.75, 3.05) is 25.0 Å². The number of carbonyl (C=O) groups is 1. The second-order valence-electron chi connectivity index (χ2n) is 3.05. The average Bonchev–Trinajstić information content (AvgIpc) is 2.63. The Labute approximate surface area is 88.4 Å². The highest BCUT2D eigenvalue weighted by molar-refractivity contribution is 5.80. The molecule has 7 heteroatoms. The van der Waals surface area contributed by atoms with E-state index in [-0.39, 0.29) is 12.5 Å². The molecule has 84 valence electrons. The molecule has 0 aliphatic rings. The first-order chi connectivity index (χ1) is 7.19. The number of nitrogens with one attached hydrogen (secondary N) is 1. The van der Waals surface area contributed by atoms with Gasteiger partial charge in [-0.15, -0.1) is 0 Å². The summed E-state index contributed by atoms with van der Waals surface area (Å²) in [5, 5.41) is 13.7. The van der Waals surface area contributed by atoms with Crippen LogP contribution in [0.4, 0.5) is 5.95 Å². The van der Waals surface area contributed by atoms with Crippen molar-refractivity contribution in [1.82, 2.24) is 25.1 Å². The summed E-state index contributed by atoms with van der Waals surface area (Å²) in [6.45, 7) is 5.55. The molecule has 0 aliphatic heterocycles. The lowest BCUT2D eigenvalue weighted by Gasteiger charge is -2.18. The molecule has 1 aromatic rings. The fraction of sp³-hybridized carbons (Fsp3) is 0.750. The maximum atomic E-state index is 11.6. The fourth-order valence-corrected chi connectivity index (χ4v) is 1.22. The SMILES string of the molecule is CCN(CC)C(=O)CNc1nnnn1C. The van der Waals surface area contributed by atoms with Crippen LogP contribution in [0.3, 0.4) is 0 Å². The maximum absolute atomic E-state index is 11.6. The maximum Gasteiger partial charge on any atom is 0.243 e. The zero-order valence-electron chi connectivity index (χ0n) is 9.27. The molecule has 1 amide bonds. The van der Waals surface area contributed by atoms with Gasteiger partial charge in [0, 0.05) is 20.1 Å². The molecule has 1 heterocycles. The summed E-state index contributed by atoms with van der Waals surface area (Å²) >= 11 is 0. The Morgan fingerprint density at radius 3 is 2.60 bits per heavy atom. The second kappa shape index (κ2) is 5.28. The van der Waals surface area contributed by atoms with Gasteiger partial charge in [0.15, 0.2) is 0 Å². The smallest absolute Gasteiger partial charge is 0.243 e. The molecule has 0 radical (unpaired) electrons. The molecule has 0 bridgehead atoms. The fourth-order valence-electron chi connectivity index (χ4n) is 1.22. The molecule has 0 saturated carbocycles. The van der Waals surface area contributed by atoms with E-state index in [0.717, 1.165) is 0 Å². The number of amides is 1. The van der Waals surface area contributed by atoms with Crippen LogP contribution in [0.1, 0.15) is 13.8 Å². The minimum absolute atomic E-state index is 0.0444. The normalized spacial score (nSPS) is 10.1. The van der Waals surface area contributed by atoms with Crippen LogP contribution in [0.5, 0.6) is 0 Å². The zero-order valence-corrected chi connectivity index (χ0v) is 9.27. The minimum Gasteiger partial charge on any atom is -0.344 e. The van der Waals surface area contributed by atoms with Gasteiger partial charge in [-0.1, -0.05) is 5.10 Å². The number of likely N-dealkylation sites (N-methyl/N-ethyl adjacent to an activating group) is 1. The Kier molecular flexibility index (Phi) is 4.02. The first-order valence-corrected chi connectivity index (χ1v) is 4.93. The zero-order chi connectivity index (χ0) is 11.3. The monoisotopic (exact) mass is 212 g/mol. The first-order valence-electron chi connectivity index (χ1n) is 4.93. The summed E-state index contributed by atoms with van der Waals surface area (Å²) in [5.41, 5.74) is 0. The molecular formula is C8H16N6O. The number of hydrogen-bond acceptors (Lipinski definition) is 5. The average molecular weight is 212 g/mol. The topological polar surface area (TPSA) is 75.9 Å². The van der Waals surface area contributed by atoms with Crippen LogP contribution >= 0.6 is 0 Å². The molecule has 1 N–H and O–H groups in total. The predicted octanol–water partition coefficient (Wildman–Crippen LogP) is -0.510. The molecule has 0 unspecified atom stereocenters. The van der Waals surface area contributed by atoms with Crippen molar-refractivity contribution in [2.45, 2.75) is 13.8 Å². The Balaban J connectivity index is 2.43. The van der Waals surface area contributed by atoms with E-state index >= 15 is 0 Å². The first kappa shape index (κ1) is 11.4. The number of hydrogen-bond donors (Lipinski definition) is 1. The summed E-state index contributed by atoms with van der Waals surface area (Å²) in [5.74, 6) is 0.540. The largest absolute Gasteiger partial charge is 0.344 e. The molecule has 0 atom stereocenters. The third-order valence-corrected chi connectivity index (χ3v) is 2.13. The molecule has 1 aromatic heterocycles. The quantitative estimate of drug-likeness (QED) is 0.711. The number of carbonyl (C=O) groups excluding carboxylic acids is 1. The van der Waals surface area contributed by atoms with E-state index in [9.17, 15) is 4.79 Å². The summed E-state index contributed by atoms with van der Waals surface area (Å²) in [4.78, 5) is 13.3. The molecule has 0 aromatic carbocycles. The van der Waals surface area contributed by atoms with Crippen molar-refractivity contribution in [1.29, 1.82) is 0 Å². The lowest BCUT2D eigenvalue weighted by molar-refractivity contribution is -0.128. The van der Waals surface area contributed by atoms with Gasteiger partial charge in [0.1, 0.15) is 0 Å². The van der Waals surface area contributed by atoms with Crippen LogP contribution in [0, 0.1) is 0 Å². The number of nitrogens with zero attached hydrogens (tertiary/aromatic N) is 5. The van der Waals surface area contributed by atoms with E-state index < -0.39 is 0 Å². The summed E-state index contributed by atoms with van der Waals surface area (Å²) in [7, 11) is 1.71. The van der Waals surface area contributed by atoms with Crippen molar-refractivity contribution < 1.29 is 4.79 Å². The van der Waals surface area contributed by atoms with Crippen LogP contribution in [-0.4, -0.2) is 50.6 Å². The Morgan fingerprint density at radius 2 is 2.13 bits per heavy atom. The highest BCUT2D eigenvalue weighted by Crippen LogP contribution is 1.96. The van der Waals surface area contributed by atoms with Gasteiger partial charge in [0.2, 0.25) is 11.9 Å². The van der Waals surface area contributed by atoms with Gasteiger partial charge >= 0.3 is 0 Å². The molecule has 1 rings (SSSR count). The summed E-state index contributed by atoms with van der Waals surface area (Å²) in [6, 6.07) is 0. The molecular weight excluding hydrogens is 196 g/mol. The lowest BCUT2D eigenvalue weighted by atomic mass is 10.4. The van der Waals surface area contributed by atoms with Crippen LogP contribution in [-0.2, 0) is 11.8 Å². The van der Waals surface area contributed by atoms with Gasteiger partial charge in [0.05, 0.1) is 6.54 Å². The molecule has 15 heavy (non-hydrogen) atoms. The standard InChI is InChI=1S/C8H16N6O/c1-4-14(5-2)7(15)6-9-8-10-11-12-13(8)3/h4-6H2,1-3H3,(H,9,10,12). The Bertz CT molecular complexity index is 319. The number of anilines is 1. The minimum atomic E-state index is 0.0444. The molecule has 7 nitrogen and oxygen atoms in total. The summed E-state index contributed by atoms with van der Waals surface area (Å²) < 4.78 is 1.48. The van der Waals surface area contributed by atoms with E-state index in [0.29, 0.717) is 19.0 Å². The van der Waals surface area contributed by atoms with Crippen molar-refractivity contribution >= 4 is 11.9 Å². The van der Waals surface area contributed by atoms with Crippen LogP contribution in [0.15, 0.2) is 0 Å². The van der Waals surface area contributed by atoms with Crippen molar-refractivity contribution in [3.63, 3.8) is 0 Å². The van der Waals surface area contributed by atoms with Gasteiger partial charge in [-0.2, -0.15) is 0 Å². The molecule has 0 spiro atoms. The number of tetrazole rings is 1. The molecule has 0 aliphatic carbocycles. The molecule has 0 saturated heterocycles. The predicted molar refractivity (Wildman–Crippen MR) is 55.2 cm³/mol. The van der Waals surface area contributed by atoms with Crippen LogP contribution in [0.2, 0.25) is 0 Å². The van der Waals surface area contributed by atoms with Crippen molar-refractivity contribution in [3.8, 4) is 0 Å². The highest BCUT2D eigenvalue weighted by atomic mass is 16.2. The van der Waals surface area contributed by atoms with Gasteiger partial charge in [-0.05, 0) is 24.3 Å². The van der Waals surface area contributed by atoms with Crippen molar-refractivity contribution in [3.05, 3.63) is 0 Å².